The van der Waals surface area contributed by atoms with E-state index < -0.39 is 0 Å². The Morgan fingerprint density at radius 1 is 0.611 bits per heavy atom. The van der Waals surface area contributed by atoms with Crippen molar-refractivity contribution in [2.75, 3.05) is 0 Å². The zero-order chi connectivity index (χ0) is 12.8. The van der Waals surface area contributed by atoms with Crippen LogP contribution in [0.15, 0.2) is 71.0 Å². The molecule has 0 atom stereocenters. The first-order chi connectivity index (χ1) is 8.86. The van der Waals surface area contributed by atoms with Crippen molar-refractivity contribution in [1.82, 2.24) is 0 Å². The van der Waals surface area contributed by atoms with Crippen LogP contribution in [0.2, 0.25) is 0 Å². The van der Waals surface area contributed by atoms with Crippen molar-refractivity contribution in [3.8, 4) is 0 Å². The highest BCUT2D eigenvalue weighted by Gasteiger charge is 2.12. The second kappa shape index (κ2) is 5.63. The third kappa shape index (κ3) is 2.38. The summed E-state index contributed by atoms with van der Waals surface area (Å²) >= 11 is 0. The van der Waals surface area contributed by atoms with Gasteiger partial charge in [-0.15, -0.1) is 9.81 Å². The molecule has 0 amide bonds. The van der Waals surface area contributed by atoms with Crippen molar-refractivity contribution in [2.24, 2.45) is 10.4 Å². The molecule has 0 bridgehead atoms. The summed E-state index contributed by atoms with van der Waals surface area (Å²) in [7, 11) is 0. The molecule has 4 nitrogen and oxygen atoms in total. The first-order valence-electron chi connectivity index (χ1n) is 5.38. The summed E-state index contributed by atoms with van der Waals surface area (Å²) < 4.78 is 0. The topological polar surface area (TPSA) is 58.9 Å². The van der Waals surface area contributed by atoms with E-state index in [9.17, 15) is 9.81 Å². The van der Waals surface area contributed by atoms with E-state index in [1.165, 1.54) is 0 Å². The SMILES string of the molecule is O=NC(=C(N=O)c1ccccc1)c1ccccc1. The van der Waals surface area contributed by atoms with Gasteiger partial charge in [-0.2, -0.15) is 0 Å². The molecular weight excluding hydrogens is 228 g/mol. The van der Waals surface area contributed by atoms with Crippen molar-refractivity contribution >= 4 is 11.4 Å². The van der Waals surface area contributed by atoms with Crippen molar-refractivity contribution in [2.45, 2.75) is 0 Å². The second-order valence-corrected chi connectivity index (χ2v) is 3.61. The van der Waals surface area contributed by atoms with E-state index in [1.54, 1.807) is 48.5 Å². The van der Waals surface area contributed by atoms with Gasteiger partial charge in [-0.25, -0.2) is 0 Å². The Balaban J connectivity index is 2.61. The molecule has 0 radical (unpaired) electrons. The Kier molecular flexibility index (Phi) is 3.71. The minimum atomic E-state index is 0.0526. The number of nitroso groups, excluding NO2 is 2. The monoisotopic (exact) mass is 238 g/mol. The molecule has 0 unspecified atom stereocenters. The van der Waals surface area contributed by atoms with E-state index in [1.807, 2.05) is 12.1 Å². The van der Waals surface area contributed by atoms with E-state index in [-0.39, 0.29) is 11.4 Å². The minimum absolute atomic E-state index is 0.0526. The van der Waals surface area contributed by atoms with Gasteiger partial charge >= 0.3 is 0 Å². The molecule has 88 valence electrons. The van der Waals surface area contributed by atoms with E-state index >= 15 is 0 Å². The van der Waals surface area contributed by atoms with Crippen LogP contribution in [-0.4, -0.2) is 0 Å². The molecule has 0 aliphatic carbocycles. The van der Waals surface area contributed by atoms with Gasteiger partial charge in [0.1, 0.15) is 11.4 Å². The number of hydrogen-bond donors (Lipinski definition) is 0. The van der Waals surface area contributed by atoms with Crippen molar-refractivity contribution in [3.63, 3.8) is 0 Å². The zero-order valence-corrected chi connectivity index (χ0v) is 9.48. The van der Waals surface area contributed by atoms with Gasteiger partial charge in [0.15, 0.2) is 0 Å². The van der Waals surface area contributed by atoms with Crippen LogP contribution in [0.5, 0.6) is 0 Å². The zero-order valence-electron chi connectivity index (χ0n) is 9.48. The highest BCUT2D eigenvalue weighted by Crippen LogP contribution is 2.27. The third-order valence-electron chi connectivity index (χ3n) is 2.50. The highest BCUT2D eigenvalue weighted by atomic mass is 16.3. The molecule has 0 aromatic heterocycles. The molecule has 0 fully saturated rings. The molecular formula is C14H10N2O2. The molecule has 0 aliphatic rings. The molecule has 0 N–H and O–H groups in total. The quantitative estimate of drug-likeness (QED) is 0.596. The van der Waals surface area contributed by atoms with Gasteiger partial charge in [-0.1, -0.05) is 60.7 Å². The summed E-state index contributed by atoms with van der Waals surface area (Å²) in [4.78, 5) is 21.9. The fourth-order valence-electron chi connectivity index (χ4n) is 1.66. The smallest absolute Gasteiger partial charge is 0.145 e. The first-order valence-corrected chi connectivity index (χ1v) is 5.38. The van der Waals surface area contributed by atoms with Crippen LogP contribution in [0.4, 0.5) is 0 Å². The lowest BCUT2D eigenvalue weighted by atomic mass is 10.1. The molecule has 0 saturated heterocycles. The lowest BCUT2D eigenvalue weighted by Gasteiger charge is -2.03. The predicted molar refractivity (Wildman–Crippen MR) is 71.3 cm³/mol. The lowest BCUT2D eigenvalue weighted by molar-refractivity contribution is 1.41. The lowest BCUT2D eigenvalue weighted by Crippen LogP contribution is -1.87. The number of benzene rings is 2. The minimum Gasteiger partial charge on any atom is -0.145 e. The Morgan fingerprint density at radius 2 is 0.944 bits per heavy atom. The van der Waals surface area contributed by atoms with Crippen LogP contribution in [0.1, 0.15) is 11.1 Å². The van der Waals surface area contributed by atoms with Gasteiger partial charge in [0, 0.05) is 11.1 Å². The van der Waals surface area contributed by atoms with Crippen molar-refractivity contribution < 1.29 is 0 Å². The van der Waals surface area contributed by atoms with E-state index in [2.05, 4.69) is 10.4 Å². The molecule has 18 heavy (non-hydrogen) atoms. The average molecular weight is 238 g/mol. The van der Waals surface area contributed by atoms with Crippen LogP contribution in [0, 0.1) is 9.81 Å². The summed E-state index contributed by atoms with van der Waals surface area (Å²) in [5.74, 6) is 0. The molecule has 0 spiro atoms. The van der Waals surface area contributed by atoms with Gasteiger partial charge in [0.25, 0.3) is 0 Å². The Labute approximate surface area is 104 Å². The number of rotatable bonds is 4. The number of hydrogen-bond acceptors (Lipinski definition) is 4. The van der Waals surface area contributed by atoms with Gasteiger partial charge in [0.2, 0.25) is 0 Å². The largest absolute Gasteiger partial charge is 0.145 e. The maximum Gasteiger partial charge on any atom is 0.145 e. The van der Waals surface area contributed by atoms with Crippen LogP contribution in [0.25, 0.3) is 11.4 Å². The van der Waals surface area contributed by atoms with Gasteiger partial charge in [-0.05, 0) is 10.4 Å². The third-order valence-corrected chi connectivity index (χ3v) is 2.50. The van der Waals surface area contributed by atoms with E-state index in [0.717, 1.165) is 0 Å². The molecule has 2 rings (SSSR count). The molecule has 0 saturated carbocycles. The Hall–Kier alpha value is -2.62. The predicted octanol–water partition coefficient (Wildman–Crippen LogP) is 4.05. The van der Waals surface area contributed by atoms with Gasteiger partial charge in [-0.3, -0.25) is 0 Å². The molecule has 4 heteroatoms. The second-order valence-electron chi connectivity index (χ2n) is 3.61. The maximum absolute atomic E-state index is 11.0. The molecule has 0 aliphatic heterocycles. The summed E-state index contributed by atoms with van der Waals surface area (Å²) in [5, 5.41) is 5.88. The van der Waals surface area contributed by atoms with E-state index in [0.29, 0.717) is 11.1 Å². The first kappa shape index (κ1) is 11.9. The Bertz CT molecular complexity index is 524. The van der Waals surface area contributed by atoms with Crippen molar-refractivity contribution in [1.29, 1.82) is 0 Å². The Morgan fingerprint density at radius 3 is 1.22 bits per heavy atom. The van der Waals surface area contributed by atoms with Gasteiger partial charge in [0.05, 0.1) is 0 Å². The molecule has 0 heterocycles. The van der Waals surface area contributed by atoms with Gasteiger partial charge < -0.3 is 0 Å². The number of nitrogens with zero attached hydrogens (tertiary/aromatic N) is 2. The van der Waals surface area contributed by atoms with Crippen LogP contribution in [-0.2, 0) is 0 Å². The standard InChI is InChI=1S/C14H10N2O2/c17-15-13(11-7-3-1-4-8-11)14(16-18)12-9-5-2-6-10-12/h1-10H. The fourth-order valence-corrected chi connectivity index (χ4v) is 1.66. The summed E-state index contributed by atoms with van der Waals surface area (Å²) in [6.45, 7) is 0. The fraction of sp³-hybridized carbons (Fsp3) is 0. The van der Waals surface area contributed by atoms with Crippen LogP contribution >= 0.6 is 0 Å². The normalized spacial score (nSPS) is 11.6. The molecule has 2 aromatic rings. The van der Waals surface area contributed by atoms with Crippen LogP contribution in [0.3, 0.4) is 0 Å². The summed E-state index contributed by atoms with van der Waals surface area (Å²) in [6, 6.07) is 17.6. The van der Waals surface area contributed by atoms with Crippen molar-refractivity contribution in [3.05, 3.63) is 81.6 Å². The van der Waals surface area contributed by atoms with Crippen LogP contribution < -0.4 is 0 Å². The van der Waals surface area contributed by atoms with E-state index in [4.69, 9.17) is 0 Å². The highest BCUT2D eigenvalue weighted by molar-refractivity contribution is 5.89. The maximum atomic E-state index is 11.0. The average Bonchev–Trinajstić information content (AvgIpc) is 2.46. The summed E-state index contributed by atoms with van der Waals surface area (Å²) in [6.07, 6.45) is 0. The summed E-state index contributed by atoms with van der Waals surface area (Å²) in [5.41, 5.74) is 1.26. The molecule has 2 aromatic carbocycles.